The van der Waals surface area contributed by atoms with Crippen LogP contribution in [0.5, 0.6) is 0 Å². The Hall–Kier alpha value is -2.53. The molecule has 0 amide bonds. The van der Waals surface area contributed by atoms with Gasteiger partial charge in [0.15, 0.2) is 0 Å². The van der Waals surface area contributed by atoms with Crippen molar-refractivity contribution in [3.8, 4) is 0 Å². The number of aryl methyl sites for hydroxylation is 1. The Morgan fingerprint density at radius 1 is 0.815 bits per heavy atom. The number of rotatable bonds is 8. The molecule has 2 atom stereocenters. The molecule has 0 saturated heterocycles. The Morgan fingerprint density at radius 2 is 1.44 bits per heavy atom. The maximum Gasteiger partial charge on any atom is 0.401 e. The van der Waals surface area contributed by atoms with Gasteiger partial charge >= 0.3 is 6.18 Å². The first-order chi connectivity index (χ1) is 13.0. The SMILES string of the molecule is FC(F)(F)CN[C@H](c1ccccc1)[C@H](CCc1ccco1)c1ccccc1. The van der Waals surface area contributed by atoms with E-state index in [1.807, 2.05) is 72.8 Å². The van der Waals surface area contributed by atoms with Crippen molar-refractivity contribution in [2.24, 2.45) is 0 Å². The van der Waals surface area contributed by atoms with Crippen LogP contribution in [0.4, 0.5) is 13.2 Å². The molecule has 5 heteroatoms. The van der Waals surface area contributed by atoms with E-state index in [1.165, 1.54) is 0 Å². The van der Waals surface area contributed by atoms with Gasteiger partial charge in [-0.05, 0) is 29.7 Å². The smallest absolute Gasteiger partial charge is 0.401 e. The van der Waals surface area contributed by atoms with Gasteiger partial charge in [0.1, 0.15) is 5.76 Å². The van der Waals surface area contributed by atoms with Crippen LogP contribution in [0.3, 0.4) is 0 Å². The molecule has 0 saturated carbocycles. The van der Waals surface area contributed by atoms with Crippen LogP contribution in [0.2, 0.25) is 0 Å². The van der Waals surface area contributed by atoms with Crippen molar-refractivity contribution in [2.45, 2.75) is 31.0 Å². The summed E-state index contributed by atoms with van der Waals surface area (Å²) in [6.07, 6.45) is -1.33. The minimum Gasteiger partial charge on any atom is -0.469 e. The molecule has 2 nitrogen and oxygen atoms in total. The zero-order valence-corrected chi connectivity index (χ0v) is 14.8. The minimum absolute atomic E-state index is 0.124. The Labute approximate surface area is 157 Å². The van der Waals surface area contributed by atoms with Crippen molar-refractivity contribution in [1.29, 1.82) is 0 Å². The van der Waals surface area contributed by atoms with E-state index in [0.717, 1.165) is 16.9 Å². The average Bonchev–Trinajstić information content (AvgIpc) is 3.18. The topological polar surface area (TPSA) is 25.2 Å². The van der Waals surface area contributed by atoms with E-state index >= 15 is 0 Å². The summed E-state index contributed by atoms with van der Waals surface area (Å²) in [5.74, 6) is 0.708. The van der Waals surface area contributed by atoms with Crippen LogP contribution >= 0.6 is 0 Å². The molecule has 3 aromatic rings. The lowest BCUT2D eigenvalue weighted by Gasteiger charge is -2.29. The van der Waals surface area contributed by atoms with Gasteiger partial charge in [-0.1, -0.05) is 60.7 Å². The zero-order chi connectivity index (χ0) is 19.1. The van der Waals surface area contributed by atoms with Gasteiger partial charge in [-0.3, -0.25) is 0 Å². The van der Waals surface area contributed by atoms with E-state index in [0.29, 0.717) is 12.8 Å². The highest BCUT2D eigenvalue weighted by Crippen LogP contribution is 2.35. The largest absolute Gasteiger partial charge is 0.469 e. The van der Waals surface area contributed by atoms with Crippen molar-refractivity contribution < 1.29 is 17.6 Å². The van der Waals surface area contributed by atoms with Gasteiger partial charge in [0.05, 0.1) is 12.8 Å². The summed E-state index contributed by atoms with van der Waals surface area (Å²) < 4.78 is 44.2. The molecule has 0 unspecified atom stereocenters. The van der Waals surface area contributed by atoms with Crippen LogP contribution in [-0.4, -0.2) is 12.7 Å². The van der Waals surface area contributed by atoms with Crippen LogP contribution in [-0.2, 0) is 6.42 Å². The summed E-state index contributed by atoms with van der Waals surface area (Å²) in [7, 11) is 0. The van der Waals surface area contributed by atoms with E-state index in [2.05, 4.69) is 5.32 Å². The molecule has 142 valence electrons. The predicted octanol–water partition coefficient (Wildman–Crippen LogP) is 5.89. The van der Waals surface area contributed by atoms with E-state index in [4.69, 9.17) is 4.42 Å². The molecule has 0 spiro atoms. The van der Waals surface area contributed by atoms with Crippen molar-refractivity contribution >= 4 is 0 Å². The van der Waals surface area contributed by atoms with Crippen LogP contribution in [0.1, 0.15) is 35.3 Å². The van der Waals surface area contributed by atoms with Gasteiger partial charge in [-0.2, -0.15) is 13.2 Å². The number of hydrogen-bond acceptors (Lipinski definition) is 2. The molecule has 0 aliphatic rings. The van der Waals surface area contributed by atoms with Crippen LogP contribution in [0.25, 0.3) is 0 Å². The van der Waals surface area contributed by atoms with Gasteiger partial charge < -0.3 is 9.73 Å². The van der Waals surface area contributed by atoms with Gasteiger partial charge in [-0.15, -0.1) is 0 Å². The molecule has 0 aliphatic heterocycles. The third-order valence-corrected chi connectivity index (χ3v) is 4.59. The highest BCUT2D eigenvalue weighted by molar-refractivity contribution is 5.28. The number of hydrogen-bond donors (Lipinski definition) is 1. The average molecular weight is 373 g/mol. The zero-order valence-electron chi connectivity index (χ0n) is 14.8. The van der Waals surface area contributed by atoms with Gasteiger partial charge in [0.25, 0.3) is 0 Å². The number of benzene rings is 2. The molecule has 1 heterocycles. The number of halogens is 3. The first-order valence-electron chi connectivity index (χ1n) is 8.95. The summed E-state index contributed by atoms with van der Waals surface area (Å²) in [5.41, 5.74) is 1.85. The fourth-order valence-corrected chi connectivity index (χ4v) is 3.36. The maximum atomic E-state index is 12.9. The Bertz CT molecular complexity index is 785. The predicted molar refractivity (Wildman–Crippen MR) is 99.5 cm³/mol. The summed E-state index contributed by atoms with van der Waals surface area (Å²) in [5, 5.41) is 2.75. The number of furan rings is 1. The van der Waals surface area contributed by atoms with Crippen molar-refractivity contribution in [3.05, 3.63) is 95.9 Å². The van der Waals surface area contributed by atoms with Crippen molar-refractivity contribution in [3.63, 3.8) is 0 Å². The molecule has 27 heavy (non-hydrogen) atoms. The van der Waals surface area contributed by atoms with Crippen LogP contribution in [0.15, 0.2) is 83.5 Å². The molecule has 2 aromatic carbocycles. The fraction of sp³-hybridized carbons (Fsp3) is 0.273. The number of alkyl halides is 3. The molecule has 0 bridgehead atoms. The molecule has 0 radical (unpaired) electrons. The van der Waals surface area contributed by atoms with Gasteiger partial charge in [0.2, 0.25) is 0 Å². The summed E-state index contributed by atoms with van der Waals surface area (Å²) in [4.78, 5) is 0. The third kappa shape index (κ3) is 5.73. The van der Waals surface area contributed by atoms with Crippen LogP contribution < -0.4 is 5.32 Å². The summed E-state index contributed by atoms with van der Waals surface area (Å²) >= 11 is 0. The lowest BCUT2D eigenvalue weighted by atomic mass is 9.83. The first-order valence-corrected chi connectivity index (χ1v) is 8.95. The molecule has 3 rings (SSSR count). The normalized spacial score (nSPS) is 14.0. The first kappa shape index (κ1) is 19.2. The molecular formula is C22H22F3NO. The summed E-state index contributed by atoms with van der Waals surface area (Å²) in [6.45, 7) is -1.03. The number of nitrogens with one attached hydrogen (secondary N) is 1. The molecule has 0 fully saturated rings. The molecule has 1 aromatic heterocycles. The second-order valence-electron chi connectivity index (χ2n) is 6.52. The maximum absolute atomic E-state index is 12.9. The fourth-order valence-electron chi connectivity index (χ4n) is 3.36. The van der Waals surface area contributed by atoms with E-state index in [-0.39, 0.29) is 5.92 Å². The Balaban J connectivity index is 1.90. The molecular weight excluding hydrogens is 351 g/mol. The quantitative estimate of drug-likeness (QED) is 0.533. The third-order valence-electron chi connectivity index (χ3n) is 4.59. The molecule has 1 N–H and O–H groups in total. The standard InChI is InChI=1S/C22H22F3NO/c23-22(24,25)16-26-21(18-10-5-2-6-11-18)20(17-8-3-1-4-9-17)14-13-19-12-7-15-27-19/h1-12,15,20-21,26H,13-14,16H2/t20-,21-/m1/s1. The monoisotopic (exact) mass is 373 g/mol. The van der Waals surface area contributed by atoms with Crippen molar-refractivity contribution in [2.75, 3.05) is 6.54 Å². The highest BCUT2D eigenvalue weighted by Gasteiger charge is 2.32. The van der Waals surface area contributed by atoms with Crippen molar-refractivity contribution in [1.82, 2.24) is 5.32 Å². The second-order valence-corrected chi connectivity index (χ2v) is 6.52. The van der Waals surface area contributed by atoms with E-state index in [9.17, 15) is 13.2 Å². The summed E-state index contributed by atoms with van der Waals surface area (Å²) in [6, 6.07) is 22.3. The van der Waals surface area contributed by atoms with Gasteiger partial charge in [0, 0.05) is 18.4 Å². The minimum atomic E-state index is -4.27. The highest BCUT2D eigenvalue weighted by atomic mass is 19.4. The van der Waals surface area contributed by atoms with E-state index < -0.39 is 18.8 Å². The lowest BCUT2D eigenvalue weighted by molar-refractivity contribution is -0.126. The Kier molecular flexibility index (Phi) is 6.35. The lowest BCUT2D eigenvalue weighted by Crippen LogP contribution is -2.35. The Morgan fingerprint density at radius 3 is 2.00 bits per heavy atom. The molecule has 0 aliphatic carbocycles. The second kappa shape index (κ2) is 8.91. The van der Waals surface area contributed by atoms with Gasteiger partial charge in [-0.25, -0.2) is 0 Å². The van der Waals surface area contributed by atoms with Crippen LogP contribution in [0, 0.1) is 0 Å². The van der Waals surface area contributed by atoms with E-state index in [1.54, 1.807) is 6.26 Å².